The molecule has 3 aromatic rings. The molecule has 4 heteroatoms. The number of nitrogens with zero attached hydrogens (tertiary/aromatic N) is 1. The van der Waals surface area contributed by atoms with Gasteiger partial charge in [0.25, 0.3) is 5.91 Å². The normalized spacial score (nSPS) is 14.4. The van der Waals surface area contributed by atoms with Gasteiger partial charge in [0, 0.05) is 17.8 Å². The Bertz CT molecular complexity index is 1030. The van der Waals surface area contributed by atoms with Crippen LogP contribution in [0.4, 0.5) is 5.69 Å². The molecule has 3 aromatic carbocycles. The molecule has 0 aliphatic carbocycles. The molecular weight excluding hydrogens is 367 g/mol. The number of amides is 1. The number of benzene rings is 3. The molecule has 0 unspecified atom stereocenters. The van der Waals surface area contributed by atoms with Crippen LogP contribution in [-0.4, -0.2) is 31.7 Å². The average Bonchev–Trinajstić information content (AvgIpc) is 2.77. The molecule has 1 aliphatic rings. The van der Waals surface area contributed by atoms with Crippen molar-refractivity contribution >= 4 is 24.9 Å². The van der Waals surface area contributed by atoms with Crippen LogP contribution in [0.1, 0.15) is 40.7 Å². The van der Waals surface area contributed by atoms with E-state index in [0.29, 0.717) is 5.56 Å². The molecule has 0 spiro atoms. The summed E-state index contributed by atoms with van der Waals surface area (Å²) in [6.45, 7) is 5.05. The summed E-state index contributed by atoms with van der Waals surface area (Å²) in [7, 11) is 5.89. The smallest absolute Gasteiger partial charge is 0.255 e. The highest BCUT2D eigenvalue weighted by Crippen LogP contribution is 2.27. The topological polar surface area (TPSA) is 32.3 Å². The lowest BCUT2D eigenvalue weighted by Crippen LogP contribution is -2.29. The number of anilines is 1. The van der Waals surface area contributed by atoms with Crippen LogP contribution < -0.4 is 10.8 Å². The van der Waals surface area contributed by atoms with Crippen LogP contribution >= 0.6 is 0 Å². The summed E-state index contributed by atoms with van der Waals surface area (Å²) in [5.41, 5.74) is 6.70. The Balaban J connectivity index is 1.62. The quantitative estimate of drug-likeness (QED) is 0.637. The van der Waals surface area contributed by atoms with E-state index in [1.807, 2.05) is 37.3 Å². The molecule has 1 N–H and O–H groups in total. The minimum absolute atomic E-state index is 0.0984. The second-order valence-corrected chi connectivity index (χ2v) is 8.10. The molecule has 0 bridgehead atoms. The summed E-state index contributed by atoms with van der Waals surface area (Å²) < 4.78 is 0. The molecule has 3 nitrogen and oxygen atoms in total. The molecule has 1 saturated heterocycles. The first kappa shape index (κ1) is 20.4. The summed E-state index contributed by atoms with van der Waals surface area (Å²) >= 11 is 0. The van der Waals surface area contributed by atoms with Crippen molar-refractivity contribution in [1.82, 2.24) is 4.90 Å². The van der Waals surface area contributed by atoms with Gasteiger partial charge in [-0.05, 0) is 73.8 Å². The Hall–Kier alpha value is -2.85. The van der Waals surface area contributed by atoms with Crippen LogP contribution in [0.3, 0.4) is 0 Å². The number of hydrogen-bond donors (Lipinski definition) is 1. The predicted molar refractivity (Wildman–Crippen MR) is 126 cm³/mol. The van der Waals surface area contributed by atoms with Gasteiger partial charge in [-0.3, -0.25) is 9.69 Å². The van der Waals surface area contributed by atoms with Crippen molar-refractivity contribution in [3.8, 4) is 11.1 Å². The Kier molecular flexibility index (Phi) is 6.34. The fraction of sp³-hybridized carbons (Fsp3) is 0.269. The van der Waals surface area contributed by atoms with Crippen LogP contribution in [-0.2, 0) is 6.54 Å². The van der Waals surface area contributed by atoms with Crippen molar-refractivity contribution in [1.29, 1.82) is 0 Å². The van der Waals surface area contributed by atoms with Gasteiger partial charge in [-0.25, -0.2) is 0 Å². The summed E-state index contributed by atoms with van der Waals surface area (Å²) in [4.78, 5) is 15.4. The zero-order valence-corrected chi connectivity index (χ0v) is 17.5. The third-order valence-corrected chi connectivity index (χ3v) is 5.82. The summed E-state index contributed by atoms with van der Waals surface area (Å²) in [6.07, 6.45) is 3.81. The summed E-state index contributed by atoms with van der Waals surface area (Å²) in [5, 5.41) is 3.01. The van der Waals surface area contributed by atoms with Gasteiger partial charge in [0.15, 0.2) is 0 Å². The minimum atomic E-state index is -0.0984. The van der Waals surface area contributed by atoms with Crippen LogP contribution in [0.2, 0.25) is 0 Å². The van der Waals surface area contributed by atoms with Gasteiger partial charge in [0.2, 0.25) is 0 Å². The number of carbonyl (C=O) groups is 1. The molecule has 30 heavy (non-hydrogen) atoms. The third kappa shape index (κ3) is 4.82. The lowest BCUT2D eigenvalue weighted by Gasteiger charge is -2.27. The summed E-state index contributed by atoms with van der Waals surface area (Å²) in [6, 6.07) is 22.0. The first-order valence-corrected chi connectivity index (χ1v) is 10.7. The highest BCUT2D eigenvalue weighted by molar-refractivity contribution is 6.33. The van der Waals surface area contributed by atoms with E-state index in [1.165, 1.54) is 36.0 Å². The zero-order valence-electron chi connectivity index (χ0n) is 17.5. The molecule has 1 fully saturated rings. The maximum atomic E-state index is 12.9. The molecule has 1 heterocycles. The van der Waals surface area contributed by atoms with Crippen molar-refractivity contribution < 1.29 is 4.79 Å². The van der Waals surface area contributed by atoms with E-state index in [9.17, 15) is 4.79 Å². The standard InChI is InChI=1S/C26H27BN2O/c1-19-16-23(11-13-25(19)27)28-26(30)21-10-12-24(20-8-4-2-5-9-20)22(17-21)18-29-14-6-3-7-15-29/h2,4-5,8-13,16-17H,3,6-7,14-15,18H2,1H3,(H,28,30). The SMILES string of the molecule is [B]c1ccc(NC(=O)c2ccc(-c3ccccc3)c(CN3CCCCC3)c2)cc1C. The summed E-state index contributed by atoms with van der Waals surface area (Å²) in [5.74, 6) is -0.0984. The van der Waals surface area contributed by atoms with Gasteiger partial charge in [-0.15, -0.1) is 0 Å². The highest BCUT2D eigenvalue weighted by Gasteiger charge is 2.16. The molecule has 2 radical (unpaired) electrons. The van der Waals surface area contributed by atoms with E-state index in [4.69, 9.17) is 7.85 Å². The van der Waals surface area contributed by atoms with Crippen molar-refractivity contribution in [2.24, 2.45) is 0 Å². The second-order valence-electron chi connectivity index (χ2n) is 8.10. The Morgan fingerprint density at radius 1 is 0.967 bits per heavy atom. The number of aryl methyl sites for hydroxylation is 1. The van der Waals surface area contributed by atoms with Gasteiger partial charge in [0.1, 0.15) is 7.85 Å². The fourth-order valence-electron chi connectivity index (χ4n) is 4.08. The molecule has 4 rings (SSSR count). The van der Waals surface area contributed by atoms with E-state index in [2.05, 4.69) is 46.6 Å². The Morgan fingerprint density at radius 3 is 2.47 bits per heavy atom. The van der Waals surface area contributed by atoms with Crippen molar-refractivity contribution in [2.45, 2.75) is 32.7 Å². The van der Waals surface area contributed by atoms with E-state index >= 15 is 0 Å². The van der Waals surface area contributed by atoms with E-state index in [-0.39, 0.29) is 5.91 Å². The molecule has 1 aliphatic heterocycles. The number of rotatable bonds is 5. The largest absolute Gasteiger partial charge is 0.322 e. The molecule has 150 valence electrons. The monoisotopic (exact) mass is 394 g/mol. The van der Waals surface area contributed by atoms with Crippen molar-refractivity contribution in [3.63, 3.8) is 0 Å². The maximum absolute atomic E-state index is 12.9. The molecule has 0 aromatic heterocycles. The van der Waals surface area contributed by atoms with Gasteiger partial charge < -0.3 is 5.32 Å². The van der Waals surface area contributed by atoms with Crippen LogP contribution in [0.5, 0.6) is 0 Å². The average molecular weight is 394 g/mol. The maximum Gasteiger partial charge on any atom is 0.255 e. The van der Waals surface area contributed by atoms with Crippen molar-refractivity contribution in [2.75, 3.05) is 18.4 Å². The number of hydrogen-bond acceptors (Lipinski definition) is 2. The van der Waals surface area contributed by atoms with Crippen molar-refractivity contribution in [3.05, 3.63) is 83.4 Å². The van der Waals surface area contributed by atoms with E-state index < -0.39 is 0 Å². The Morgan fingerprint density at radius 2 is 1.73 bits per heavy atom. The molecule has 1 amide bonds. The second kappa shape index (κ2) is 9.31. The molecule has 0 atom stereocenters. The highest BCUT2D eigenvalue weighted by atomic mass is 16.1. The van der Waals surface area contributed by atoms with Crippen LogP contribution in [0.25, 0.3) is 11.1 Å². The zero-order chi connectivity index (χ0) is 20.9. The predicted octanol–water partition coefficient (Wildman–Crippen LogP) is 4.69. The number of nitrogens with one attached hydrogen (secondary N) is 1. The van der Waals surface area contributed by atoms with Gasteiger partial charge >= 0.3 is 0 Å². The van der Waals surface area contributed by atoms with Gasteiger partial charge in [-0.1, -0.05) is 59.9 Å². The molecule has 0 saturated carbocycles. The molecular formula is C26H27BN2O. The Labute approximate surface area is 180 Å². The van der Waals surface area contributed by atoms with E-state index in [1.54, 1.807) is 0 Å². The third-order valence-electron chi connectivity index (χ3n) is 5.82. The van der Waals surface area contributed by atoms with Crippen LogP contribution in [0.15, 0.2) is 66.7 Å². The lowest BCUT2D eigenvalue weighted by atomic mass is 9.91. The lowest BCUT2D eigenvalue weighted by molar-refractivity contribution is 0.102. The fourth-order valence-corrected chi connectivity index (χ4v) is 4.08. The van der Waals surface area contributed by atoms with Gasteiger partial charge in [-0.2, -0.15) is 0 Å². The minimum Gasteiger partial charge on any atom is -0.322 e. The van der Waals surface area contributed by atoms with Gasteiger partial charge in [0.05, 0.1) is 0 Å². The first-order chi connectivity index (χ1) is 14.6. The number of piperidine rings is 1. The van der Waals surface area contributed by atoms with Crippen LogP contribution in [0, 0.1) is 6.92 Å². The van der Waals surface area contributed by atoms with E-state index in [0.717, 1.165) is 36.3 Å². The first-order valence-electron chi connectivity index (χ1n) is 10.7. The number of likely N-dealkylation sites (tertiary alicyclic amines) is 1. The number of carbonyl (C=O) groups excluding carboxylic acids is 1.